The van der Waals surface area contributed by atoms with Gasteiger partial charge in [0.25, 0.3) is 0 Å². The lowest BCUT2D eigenvalue weighted by atomic mass is 9.75. The summed E-state index contributed by atoms with van der Waals surface area (Å²) in [7, 11) is 0. The van der Waals surface area contributed by atoms with E-state index in [0.29, 0.717) is 23.0 Å². The van der Waals surface area contributed by atoms with Gasteiger partial charge in [-0.25, -0.2) is 0 Å². The van der Waals surface area contributed by atoms with Gasteiger partial charge in [0, 0.05) is 11.8 Å². The predicted molar refractivity (Wildman–Crippen MR) is 42.0 cm³/mol. The summed E-state index contributed by atoms with van der Waals surface area (Å²) in [6.45, 7) is 6.29. The molecule has 1 nitrogen and oxygen atoms in total. The maximum Gasteiger partial charge on any atom is 0.144 e. The molecule has 0 N–H and O–H groups in total. The van der Waals surface area contributed by atoms with Gasteiger partial charge in [0.15, 0.2) is 0 Å². The van der Waals surface area contributed by atoms with E-state index in [1.807, 2.05) is 0 Å². The molecular weight excluding hydrogens is 136 g/mol. The number of carbonyl (C=O) groups excluding carboxylic acids is 1. The maximum atomic E-state index is 11.6. The number of allylic oxidation sites excluding steroid dienone is 1. The highest BCUT2D eigenvalue weighted by molar-refractivity contribution is 5.96. The summed E-state index contributed by atoms with van der Waals surface area (Å²) < 4.78 is 0. The number of hydrogen-bond donors (Lipinski definition) is 0. The second kappa shape index (κ2) is 1.33. The molecule has 0 aromatic rings. The molecular formula is C10H12O. The van der Waals surface area contributed by atoms with Crippen molar-refractivity contribution in [3.8, 4) is 0 Å². The van der Waals surface area contributed by atoms with Crippen LogP contribution in [0.2, 0.25) is 0 Å². The lowest BCUT2D eigenvalue weighted by Gasteiger charge is -2.28. The highest BCUT2D eigenvalue weighted by Gasteiger charge is 2.74. The van der Waals surface area contributed by atoms with Crippen LogP contribution in [0.4, 0.5) is 0 Å². The highest BCUT2D eigenvalue weighted by Crippen LogP contribution is 2.74. The van der Waals surface area contributed by atoms with Gasteiger partial charge >= 0.3 is 0 Å². The van der Waals surface area contributed by atoms with Crippen molar-refractivity contribution in [1.82, 2.24) is 0 Å². The molecule has 4 bridgehead atoms. The Morgan fingerprint density at radius 2 is 2.27 bits per heavy atom. The topological polar surface area (TPSA) is 17.1 Å². The molecule has 0 aliphatic heterocycles. The van der Waals surface area contributed by atoms with Crippen LogP contribution in [0.15, 0.2) is 12.2 Å². The van der Waals surface area contributed by atoms with Crippen LogP contribution >= 0.6 is 0 Å². The zero-order chi connectivity index (χ0) is 7.80. The van der Waals surface area contributed by atoms with Crippen molar-refractivity contribution in [2.75, 3.05) is 0 Å². The Morgan fingerprint density at radius 3 is 2.64 bits per heavy atom. The minimum Gasteiger partial charge on any atom is -0.299 e. The Balaban J connectivity index is 2.15. The summed E-state index contributed by atoms with van der Waals surface area (Å²) in [5, 5.41) is 0. The molecule has 0 saturated heterocycles. The van der Waals surface area contributed by atoms with Crippen LogP contribution in [-0.2, 0) is 4.79 Å². The minimum atomic E-state index is 0.270. The minimum absolute atomic E-state index is 0.270. The van der Waals surface area contributed by atoms with Crippen LogP contribution in [0.3, 0.4) is 0 Å². The molecule has 58 valence electrons. The molecule has 0 aromatic carbocycles. The van der Waals surface area contributed by atoms with Gasteiger partial charge in [0.05, 0.1) is 0 Å². The van der Waals surface area contributed by atoms with Crippen LogP contribution in [-0.4, -0.2) is 5.78 Å². The summed E-state index contributed by atoms with van der Waals surface area (Å²) in [5.41, 5.74) is 1.62. The number of rotatable bonds is 0. The zero-order valence-electron chi connectivity index (χ0n) is 6.76. The number of fused-ring (bicyclic) bond motifs is 1. The monoisotopic (exact) mass is 148 g/mol. The molecule has 4 atom stereocenters. The van der Waals surface area contributed by atoms with Gasteiger partial charge in [-0.15, -0.1) is 0 Å². The zero-order valence-corrected chi connectivity index (χ0v) is 6.76. The van der Waals surface area contributed by atoms with Crippen LogP contribution < -0.4 is 0 Å². The van der Waals surface area contributed by atoms with Crippen LogP contribution in [0.1, 0.15) is 19.8 Å². The number of Topliss-reactive ketones (excluding diaryl/α,β-unsaturated/α-hetero) is 1. The lowest BCUT2D eigenvalue weighted by molar-refractivity contribution is -0.124. The first-order valence-corrected chi connectivity index (χ1v) is 4.38. The van der Waals surface area contributed by atoms with E-state index in [1.54, 1.807) is 0 Å². The van der Waals surface area contributed by atoms with E-state index in [4.69, 9.17) is 0 Å². The molecule has 0 amide bonds. The van der Waals surface area contributed by atoms with Crippen molar-refractivity contribution in [2.24, 2.45) is 23.2 Å². The Hall–Kier alpha value is -0.590. The van der Waals surface area contributed by atoms with Crippen molar-refractivity contribution in [3.63, 3.8) is 0 Å². The van der Waals surface area contributed by atoms with E-state index < -0.39 is 0 Å². The fourth-order valence-corrected chi connectivity index (χ4v) is 3.40. The average Bonchev–Trinajstić information content (AvgIpc) is 2.49. The van der Waals surface area contributed by atoms with Crippen molar-refractivity contribution < 1.29 is 4.79 Å². The molecule has 0 unspecified atom stereocenters. The lowest BCUT2D eigenvalue weighted by Crippen LogP contribution is -2.27. The summed E-state index contributed by atoms with van der Waals surface area (Å²) in [6, 6.07) is 0. The first kappa shape index (κ1) is 5.99. The fraction of sp³-hybridized carbons (Fsp3) is 0.700. The normalized spacial score (nSPS) is 58.5. The molecule has 4 saturated carbocycles. The number of ketones is 1. The quantitative estimate of drug-likeness (QED) is 0.479. The Labute approximate surface area is 66.5 Å². The Morgan fingerprint density at radius 1 is 1.55 bits per heavy atom. The molecule has 4 aliphatic carbocycles. The molecule has 0 spiro atoms. The summed E-state index contributed by atoms with van der Waals surface area (Å²) >= 11 is 0. The highest BCUT2D eigenvalue weighted by atomic mass is 16.1. The van der Waals surface area contributed by atoms with Crippen molar-refractivity contribution >= 4 is 5.78 Å². The SMILES string of the molecule is C=C1[C@@H]2CC[C@]3(C)[C@H]1[C@@H]3C2=O. The van der Waals surface area contributed by atoms with E-state index in [0.717, 1.165) is 6.42 Å². The van der Waals surface area contributed by atoms with Gasteiger partial charge in [-0.05, 0) is 24.2 Å². The van der Waals surface area contributed by atoms with Crippen molar-refractivity contribution in [1.29, 1.82) is 0 Å². The Bertz CT molecular complexity index is 255. The van der Waals surface area contributed by atoms with E-state index in [-0.39, 0.29) is 5.92 Å². The van der Waals surface area contributed by atoms with Gasteiger partial charge in [0.2, 0.25) is 0 Å². The average molecular weight is 148 g/mol. The predicted octanol–water partition coefficient (Wildman–Crippen LogP) is 1.79. The smallest absolute Gasteiger partial charge is 0.144 e. The van der Waals surface area contributed by atoms with Crippen LogP contribution in [0.5, 0.6) is 0 Å². The fourth-order valence-electron chi connectivity index (χ4n) is 3.40. The third-order valence-electron chi connectivity index (χ3n) is 4.11. The second-order valence-corrected chi connectivity index (χ2v) is 4.53. The van der Waals surface area contributed by atoms with Crippen LogP contribution in [0.25, 0.3) is 0 Å². The molecule has 4 aliphatic rings. The van der Waals surface area contributed by atoms with Gasteiger partial charge < -0.3 is 0 Å². The summed E-state index contributed by atoms with van der Waals surface area (Å²) in [6.07, 6.45) is 2.35. The molecule has 1 heteroatoms. The first-order valence-electron chi connectivity index (χ1n) is 4.38. The largest absolute Gasteiger partial charge is 0.299 e. The van der Waals surface area contributed by atoms with Crippen molar-refractivity contribution in [3.05, 3.63) is 12.2 Å². The van der Waals surface area contributed by atoms with E-state index in [2.05, 4.69) is 13.5 Å². The molecule has 4 fully saturated rings. The van der Waals surface area contributed by atoms with E-state index in [1.165, 1.54) is 12.0 Å². The first-order chi connectivity index (χ1) is 5.16. The Kier molecular flexibility index (Phi) is 0.721. The van der Waals surface area contributed by atoms with Gasteiger partial charge in [-0.1, -0.05) is 19.1 Å². The molecule has 0 aromatic heterocycles. The summed E-state index contributed by atoms with van der Waals surface area (Å²) in [4.78, 5) is 11.6. The third-order valence-corrected chi connectivity index (χ3v) is 4.11. The number of hydrogen-bond acceptors (Lipinski definition) is 1. The number of carbonyl (C=O) groups is 1. The standard InChI is InChI=1S/C10H12O/c1-5-6-3-4-10(2)7(5)8(10)9(6)11/h6-8H,1,3-4H2,2H3/t6-,7+,8+,10+/m0/s1. The van der Waals surface area contributed by atoms with Gasteiger partial charge in [-0.3, -0.25) is 4.79 Å². The molecule has 0 radical (unpaired) electrons. The van der Waals surface area contributed by atoms with Gasteiger partial charge in [0.1, 0.15) is 5.78 Å². The third kappa shape index (κ3) is 0.412. The molecule has 0 heterocycles. The van der Waals surface area contributed by atoms with Crippen LogP contribution in [0, 0.1) is 23.2 Å². The summed E-state index contributed by atoms with van der Waals surface area (Å²) in [5.74, 6) is 1.77. The van der Waals surface area contributed by atoms with Crippen molar-refractivity contribution in [2.45, 2.75) is 19.8 Å². The van der Waals surface area contributed by atoms with E-state index >= 15 is 0 Å². The molecule has 4 rings (SSSR count). The second-order valence-electron chi connectivity index (χ2n) is 4.53. The maximum absolute atomic E-state index is 11.6. The molecule has 11 heavy (non-hydrogen) atoms. The van der Waals surface area contributed by atoms with Gasteiger partial charge in [-0.2, -0.15) is 0 Å². The van der Waals surface area contributed by atoms with E-state index in [9.17, 15) is 4.79 Å².